The van der Waals surface area contributed by atoms with Crippen LogP contribution in [0.25, 0.3) is 11.3 Å². The molecule has 18 heavy (non-hydrogen) atoms. The molecule has 2 rings (SSSR count). The van der Waals surface area contributed by atoms with Gasteiger partial charge < -0.3 is 4.98 Å². The summed E-state index contributed by atoms with van der Waals surface area (Å²) in [5, 5.41) is 0. The topological polar surface area (TPSA) is 45.8 Å². The van der Waals surface area contributed by atoms with E-state index in [2.05, 4.69) is 25.9 Å². The fourth-order valence-electron chi connectivity index (χ4n) is 1.70. The molecule has 0 atom stereocenters. The SMILES string of the molecule is CCc1nc(-c2cccc(Br)c2F)c(C)c(=O)[nH]1. The number of halogens is 2. The molecule has 0 fully saturated rings. The molecule has 0 spiro atoms. The standard InChI is InChI=1S/C13H12BrFN2O/c1-3-10-16-12(7(2)13(18)17-10)8-5-4-6-9(14)11(8)15/h4-6H,3H2,1-2H3,(H,16,17,18). The Morgan fingerprint density at radius 3 is 2.83 bits per heavy atom. The van der Waals surface area contributed by atoms with Gasteiger partial charge in [-0.2, -0.15) is 0 Å². The first-order chi connectivity index (χ1) is 8.54. The first-order valence-corrected chi connectivity index (χ1v) is 6.38. The van der Waals surface area contributed by atoms with E-state index >= 15 is 0 Å². The van der Waals surface area contributed by atoms with Gasteiger partial charge in [0.2, 0.25) is 0 Å². The van der Waals surface area contributed by atoms with E-state index in [0.717, 1.165) is 0 Å². The van der Waals surface area contributed by atoms with Crippen LogP contribution >= 0.6 is 15.9 Å². The Hall–Kier alpha value is -1.49. The summed E-state index contributed by atoms with van der Waals surface area (Å²) in [6.07, 6.45) is 0.595. The van der Waals surface area contributed by atoms with Crippen molar-refractivity contribution in [2.24, 2.45) is 0 Å². The Kier molecular flexibility index (Phi) is 3.61. The van der Waals surface area contributed by atoms with E-state index in [1.807, 2.05) is 6.92 Å². The van der Waals surface area contributed by atoms with Crippen LogP contribution in [0.15, 0.2) is 27.5 Å². The van der Waals surface area contributed by atoms with Crippen molar-refractivity contribution in [3.8, 4) is 11.3 Å². The number of nitrogens with zero attached hydrogens (tertiary/aromatic N) is 1. The number of benzene rings is 1. The van der Waals surface area contributed by atoms with Crippen molar-refractivity contribution in [1.29, 1.82) is 0 Å². The van der Waals surface area contributed by atoms with Crippen molar-refractivity contribution in [2.45, 2.75) is 20.3 Å². The van der Waals surface area contributed by atoms with Crippen LogP contribution in [0.5, 0.6) is 0 Å². The van der Waals surface area contributed by atoms with Gasteiger partial charge in [0.05, 0.1) is 10.2 Å². The van der Waals surface area contributed by atoms with Gasteiger partial charge in [-0.25, -0.2) is 9.37 Å². The van der Waals surface area contributed by atoms with E-state index < -0.39 is 5.82 Å². The molecule has 0 saturated heterocycles. The molecule has 0 aliphatic heterocycles. The van der Waals surface area contributed by atoms with Gasteiger partial charge in [-0.3, -0.25) is 4.79 Å². The second kappa shape index (κ2) is 5.02. The smallest absolute Gasteiger partial charge is 0.254 e. The summed E-state index contributed by atoms with van der Waals surface area (Å²) in [6, 6.07) is 4.95. The Bertz CT molecular complexity index is 652. The molecule has 94 valence electrons. The Morgan fingerprint density at radius 1 is 1.44 bits per heavy atom. The summed E-state index contributed by atoms with van der Waals surface area (Å²) in [7, 11) is 0. The van der Waals surface area contributed by atoms with Crippen molar-refractivity contribution in [3.05, 3.63) is 50.2 Å². The lowest BCUT2D eigenvalue weighted by molar-refractivity contribution is 0.623. The summed E-state index contributed by atoms with van der Waals surface area (Å²) in [5.41, 5.74) is 0.928. The molecule has 0 aliphatic rings. The maximum atomic E-state index is 14.0. The third-order valence-corrected chi connectivity index (χ3v) is 3.35. The number of nitrogens with one attached hydrogen (secondary N) is 1. The minimum absolute atomic E-state index is 0.226. The van der Waals surface area contributed by atoms with Crippen molar-refractivity contribution in [1.82, 2.24) is 9.97 Å². The second-order valence-electron chi connectivity index (χ2n) is 3.94. The highest BCUT2D eigenvalue weighted by molar-refractivity contribution is 9.10. The normalized spacial score (nSPS) is 10.7. The monoisotopic (exact) mass is 310 g/mol. The van der Waals surface area contributed by atoms with Gasteiger partial charge in [0, 0.05) is 17.5 Å². The van der Waals surface area contributed by atoms with Gasteiger partial charge in [-0.15, -0.1) is 0 Å². The van der Waals surface area contributed by atoms with Crippen molar-refractivity contribution < 1.29 is 4.39 Å². The quantitative estimate of drug-likeness (QED) is 0.925. The molecule has 3 nitrogen and oxygen atoms in total. The van der Waals surface area contributed by atoms with E-state index in [4.69, 9.17) is 0 Å². The van der Waals surface area contributed by atoms with Crippen LogP contribution in [0.2, 0.25) is 0 Å². The number of aryl methyl sites for hydroxylation is 1. The minimum atomic E-state index is -0.402. The second-order valence-corrected chi connectivity index (χ2v) is 4.80. The van der Waals surface area contributed by atoms with Crippen LogP contribution in [0, 0.1) is 12.7 Å². The molecule has 1 N–H and O–H groups in total. The van der Waals surface area contributed by atoms with Crippen molar-refractivity contribution >= 4 is 15.9 Å². The average molecular weight is 311 g/mol. The van der Waals surface area contributed by atoms with E-state index in [-0.39, 0.29) is 5.56 Å². The molecule has 0 aliphatic carbocycles. The lowest BCUT2D eigenvalue weighted by atomic mass is 10.1. The van der Waals surface area contributed by atoms with Gasteiger partial charge in [0.1, 0.15) is 11.6 Å². The fraction of sp³-hybridized carbons (Fsp3) is 0.231. The average Bonchev–Trinajstić information content (AvgIpc) is 2.36. The lowest BCUT2D eigenvalue weighted by Gasteiger charge is -2.08. The van der Waals surface area contributed by atoms with Gasteiger partial charge in [0.15, 0.2) is 0 Å². The van der Waals surface area contributed by atoms with E-state index in [1.165, 1.54) is 0 Å². The molecular formula is C13H12BrFN2O. The molecule has 1 heterocycles. The van der Waals surface area contributed by atoms with Crippen LogP contribution in [-0.2, 0) is 6.42 Å². The summed E-state index contributed by atoms with van der Waals surface area (Å²) < 4.78 is 14.4. The Morgan fingerprint density at radius 2 is 2.17 bits per heavy atom. The van der Waals surface area contributed by atoms with Crippen LogP contribution < -0.4 is 5.56 Å². The van der Waals surface area contributed by atoms with Crippen LogP contribution in [0.1, 0.15) is 18.3 Å². The molecular weight excluding hydrogens is 299 g/mol. The molecule has 0 amide bonds. The summed E-state index contributed by atoms with van der Waals surface area (Å²) in [5.74, 6) is 0.153. The number of aromatic amines is 1. The van der Waals surface area contributed by atoms with Crippen molar-refractivity contribution in [2.75, 3.05) is 0 Å². The predicted octanol–water partition coefficient (Wildman–Crippen LogP) is 3.21. The highest BCUT2D eigenvalue weighted by atomic mass is 79.9. The zero-order valence-electron chi connectivity index (χ0n) is 10.1. The van der Waals surface area contributed by atoms with Gasteiger partial charge in [-0.1, -0.05) is 13.0 Å². The summed E-state index contributed by atoms with van der Waals surface area (Å²) in [4.78, 5) is 18.7. The third-order valence-electron chi connectivity index (χ3n) is 2.74. The van der Waals surface area contributed by atoms with E-state index in [0.29, 0.717) is 33.5 Å². The molecule has 1 aromatic carbocycles. The van der Waals surface area contributed by atoms with Gasteiger partial charge in [-0.05, 0) is 35.0 Å². The molecule has 1 aromatic heterocycles. The molecule has 0 saturated carbocycles. The molecule has 0 unspecified atom stereocenters. The minimum Gasteiger partial charge on any atom is -0.310 e. The maximum Gasteiger partial charge on any atom is 0.254 e. The zero-order valence-corrected chi connectivity index (χ0v) is 11.6. The Labute approximate surface area is 112 Å². The number of H-pyrrole nitrogens is 1. The summed E-state index contributed by atoms with van der Waals surface area (Å²) >= 11 is 3.13. The number of aromatic nitrogens is 2. The number of hydrogen-bond donors (Lipinski definition) is 1. The van der Waals surface area contributed by atoms with Gasteiger partial charge in [0.25, 0.3) is 5.56 Å². The maximum absolute atomic E-state index is 14.0. The van der Waals surface area contributed by atoms with Crippen LogP contribution in [0.3, 0.4) is 0 Å². The molecule has 0 radical (unpaired) electrons. The predicted molar refractivity (Wildman–Crippen MR) is 72.1 cm³/mol. The summed E-state index contributed by atoms with van der Waals surface area (Å²) in [6.45, 7) is 3.52. The number of rotatable bonds is 2. The van der Waals surface area contributed by atoms with Gasteiger partial charge >= 0.3 is 0 Å². The fourth-order valence-corrected chi connectivity index (χ4v) is 2.06. The largest absolute Gasteiger partial charge is 0.310 e. The van der Waals surface area contributed by atoms with Crippen LogP contribution in [0.4, 0.5) is 4.39 Å². The highest BCUT2D eigenvalue weighted by Crippen LogP contribution is 2.27. The third kappa shape index (κ3) is 2.22. The van der Waals surface area contributed by atoms with Crippen LogP contribution in [-0.4, -0.2) is 9.97 Å². The van der Waals surface area contributed by atoms with E-state index in [1.54, 1.807) is 25.1 Å². The van der Waals surface area contributed by atoms with Crippen molar-refractivity contribution in [3.63, 3.8) is 0 Å². The Balaban J connectivity index is 2.74. The molecule has 5 heteroatoms. The first-order valence-electron chi connectivity index (χ1n) is 5.58. The highest BCUT2D eigenvalue weighted by Gasteiger charge is 2.14. The molecule has 0 bridgehead atoms. The molecule has 2 aromatic rings. The lowest BCUT2D eigenvalue weighted by Crippen LogP contribution is -2.16. The number of hydrogen-bond acceptors (Lipinski definition) is 2. The van der Waals surface area contributed by atoms with E-state index in [9.17, 15) is 9.18 Å². The first kappa shape index (κ1) is 13.0. The zero-order chi connectivity index (χ0) is 13.3.